The van der Waals surface area contributed by atoms with Crippen LogP contribution in [0.25, 0.3) is 0 Å². The Kier molecular flexibility index (Phi) is 4.76. The molecule has 0 aromatic carbocycles. The number of likely N-dealkylation sites (tertiary alicyclic amines) is 1. The van der Waals surface area contributed by atoms with Crippen LogP contribution in [0.4, 0.5) is 5.82 Å². The number of aromatic nitrogens is 1. The van der Waals surface area contributed by atoms with Gasteiger partial charge in [-0.05, 0) is 54.9 Å². The molecule has 1 unspecified atom stereocenters. The molecule has 6 heteroatoms. The van der Waals surface area contributed by atoms with Gasteiger partial charge in [0.2, 0.25) is 0 Å². The summed E-state index contributed by atoms with van der Waals surface area (Å²) in [6.45, 7) is 5.11. The van der Waals surface area contributed by atoms with Crippen LogP contribution in [0.5, 0.6) is 0 Å². The lowest BCUT2D eigenvalue weighted by atomic mass is 10.2. The first-order chi connectivity index (χ1) is 9.08. The Bertz CT molecular complexity index is 461. The van der Waals surface area contributed by atoms with E-state index in [1.54, 1.807) is 12.3 Å². The smallest absolute Gasteiger partial charge is 0.339 e. The predicted octanol–water partition coefficient (Wildman–Crippen LogP) is 2.44. The van der Waals surface area contributed by atoms with Crippen LogP contribution in [-0.4, -0.2) is 46.6 Å². The van der Waals surface area contributed by atoms with E-state index in [1.165, 1.54) is 12.8 Å². The zero-order chi connectivity index (χ0) is 13.8. The van der Waals surface area contributed by atoms with E-state index in [-0.39, 0.29) is 5.56 Å². The summed E-state index contributed by atoms with van der Waals surface area (Å²) in [5.41, 5.74) is 0.197. The number of carbonyl (C=O) groups is 1. The first-order valence-corrected chi connectivity index (χ1v) is 7.24. The molecule has 19 heavy (non-hydrogen) atoms. The molecule has 1 fully saturated rings. The topological polar surface area (TPSA) is 65.5 Å². The van der Waals surface area contributed by atoms with Crippen LogP contribution in [0.3, 0.4) is 0 Å². The monoisotopic (exact) mass is 327 g/mol. The van der Waals surface area contributed by atoms with E-state index in [1.807, 2.05) is 0 Å². The third-order valence-electron chi connectivity index (χ3n) is 3.41. The van der Waals surface area contributed by atoms with Crippen molar-refractivity contribution in [3.8, 4) is 0 Å². The number of carboxylic acid groups (broad SMARTS) is 1. The highest BCUT2D eigenvalue weighted by Gasteiger charge is 2.19. The molecule has 0 bridgehead atoms. The standard InChI is InChI=1S/C13H18BrN3O2/c1-9(17-4-2-3-5-17)7-15-12-11(13(18)19)6-10(14)8-16-12/h6,8-9H,2-5,7H2,1H3,(H,15,16)(H,18,19). The summed E-state index contributed by atoms with van der Waals surface area (Å²) >= 11 is 3.24. The van der Waals surface area contributed by atoms with Crippen molar-refractivity contribution in [3.05, 3.63) is 22.3 Å². The molecule has 0 amide bonds. The number of nitrogens with zero attached hydrogens (tertiary/aromatic N) is 2. The van der Waals surface area contributed by atoms with E-state index < -0.39 is 5.97 Å². The average molecular weight is 328 g/mol. The summed E-state index contributed by atoms with van der Waals surface area (Å²) in [6.07, 6.45) is 4.11. The minimum Gasteiger partial charge on any atom is -0.478 e. The molecule has 2 rings (SSSR count). The fourth-order valence-corrected chi connectivity index (χ4v) is 2.63. The Labute approximate surface area is 121 Å². The molecule has 104 valence electrons. The fourth-order valence-electron chi connectivity index (χ4n) is 2.30. The zero-order valence-corrected chi connectivity index (χ0v) is 12.5. The first-order valence-electron chi connectivity index (χ1n) is 6.44. The molecule has 1 aromatic rings. The van der Waals surface area contributed by atoms with Gasteiger partial charge in [0.05, 0.1) is 0 Å². The van der Waals surface area contributed by atoms with Crippen LogP contribution in [0.2, 0.25) is 0 Å². The molecule has 5 nitrogen and oxygen atoms in total. The van der Waals surface area contributed by atoms with Gasteiger partial charge in [-0.1, -0.05) is 0 Å². The predicted molar refractivity (Wildman–Crippen MR) is 77.7 cm³/mol. The van der Waals surface area contributed by atoms with Crippen molar-refractivity contribution in [1.82, 2.24) is 9.88 Å². The molecule has 0 saturated carbocycles. The molecule has 2 heterocycles. The van der Waals surface area contributed by atoms with Gasteiger partial charge in [0.15, 0.2) is 0 Å². The molecule has 0 aliphatic carbocycles. The first kappa shape index (κ1) is 14.3. The zero-order valence-electron chi connectivity index (χ0n) is 10.9. The summed E-state index contributed by atoms with van der Waals surface area (Å²) in [4.78, 5) is 17.7. The summed E-state index contributed by atoms with van der Waals surface area (Å²) in [5.74, 6) is -0.535. The molecule has 0 radical (unpaired) electrons. The van der Waals surface area contributed by atoms with Gasteiger partial charge in [-0.3, -0.25) is 4.90 Å². The number of carboxylic acids is 1. The van der Waals surface area contributed by atoms with E-state index in [0.29, 0.717) is 22.9 Å². The van der Waals surface area contributed by atoms with Gasteiger partial charge in [0.25, 0.3) is 0 Å². The molecule has 1 aliphatic heterocycles. The quantitative estimate of drug-likeness (QED) is 0.869. The Morgan fingerprint density at radius 2 is 2.26 bits per heavy atom. The van der Waals surface area contributed by atoms with E-state index in [4.69, 9.17) is 5.11 Å². The molecule has 0 spiro atoms. The molecular formula is C13H18BrN3O2. The lowest BCUT2D eigenvalue weighted by molar-refractivity contribution is 0.0697. The summed E-state index contributed by atoms with van der Waals surface area (Å²) in [7, 11) is 0. The van der Waals surface area contributed by atoms with Gasteiger partial charge in [0, 0.05) is 23.3 Å². The highest BCUT2D eigenvalue weighted by atomic mass is 79.9. The number of anilines is 1. The van der Waals surface area contributed by atoms with Gasteiger partial charge >= 0.3 is 5.97 Å². The number of hydrogen-bond acceptors (Lipinski definition) is 4. The van der Waals surface area contributed by atoms with Gasteiger partial charge in [0.1, 0.15) is 11.4 Å². The molecule has 1 aliphatic rings. The second-order valence-electron chi connectivity index (χ2n) is 4.83. The van der Waals surface area contributed by atoms with E-state index in [0.717, 1.165) is 13.1 Å². The van der Waals surface area contributed by atoms with Crippen molar-refractivity contribution in [2.75, 3.05) is 25.0 Å². The van der Waals surface area contributed by atoms with Crippen LogP contribution in [0.15, 0.2) is 16.7 Å². The van der Waals surface area contributed by atoms with Crippen molar-refractivity contribution in [3.63, 3.8) is 0 Å². The Morgan fingerprint density at radius 1 is 1.58 bits per heavy atom. The summed E-state index contributed by atoms with van der Waals surface area (Å²) in [6, 6.07) is 1.95. The van der Waals surface area contributed by atoms with Crippen LogP contribution in [-0.2, 0) is 0 Å². The number of aromatic carboxylic acids is 1. The van der Waals surface area contributed by atoms with E-state index in [9.17, 15) is 4.79 Å². The maximum absolute atomic E-state index is 11.2. The number of pyridine rings is 1. The Balaban J connectivity index is 2.00. The van der Waals surface area contributed by atoms with Gasteiger partial charge in [-0.15, -0.1) is 0 Å². The highest BCUT2D eigenvalue weighted by Crippen LogP contribution is 2.19. The maximum atomic E-state index is 11.2. The van der Waals surface area contributed by atoms with E-state index in [2.05, 4.69) is 38.1 Å². The largest absolute Gasteiger partial charge is 0.478 e. The van der Waals surface area contributed by atoms with Crippen molar-refractivity contribution in [2.45, 2.75) is 25.8 Å². The third kappa shape index (κ3) is 3.67. The molecule has 2 N–H and O–H groups in total. The average Bonchev–Trinajstić information content (AvgIpc) is 2.90. The van der Waals surface area contributed by atoms with Gasteiger partial charge < -0.3 is 10.4 Å². The lowest BCUT2D eigenvalue weighted by Crippen LogP contribution is -2.35. The molecule has 1 aromatic heterocycles. The summed E-state index contributed by atoms with van der Waals surface area (Å²) < 4.78 is 0.669. The van der Waals surface area contributed by atoms with Crippen LogP contribution >= 0.6 is 15.9 Å². The van der Waals surface area contributed by atoms with Crippen LogP contribution in [0, 0.1) is 0 Å². The van der Waals surface area contributed by atoms with Crippen molar-refractivity contribution >= 4 is 27.7 Å². The normalized spacial score (nSPS) is 17.4. The highest BCUT2D eigenvalue weighted by molar-refractivity contribution is 9.10. The summed E-state index contributed by atoms with van der Waals surface area (Å²) in [5, 5.41) is 12.3. The number of nitrogens with one attached hydrogen (secondary N) is 1. The second kappa shape index (κ2) is 6.34. The van der Waals surface area contributed by atoms with Crippen molar-refractivity contribution in [1.29, 1.82) is 0 Å². The number of rotatable bonds is 5. The van der Waals surface area contributed by atoms with Gasteiger partial charge in [-0.2, -0.15) is 0 Å². The Morgan fingerprint density at radius 3 is 2.89 bits per heavy atom. The lowest BCUT2D eigenvalue weighted by Gasteiger charge is -2.24. The maximum Gasteiger partial charge on any atom is 0.339 e. The Hall–Kier alpha value is -1.14. The van der Waals surface area contributed by atoms with Crippen LogP contribution < -0.4 is 5.32 Å². The SMILES string of the molecule is CC(CNc1ncc(Br)cc1C(=O)O)N1CCCC1. The third-order valence-corrected chi connectivity index (χ3v) is 3.85. The fraction of sp³-hybridized carbons (Fsp3) is 0.538. The van der Waals surface area contributed by atoms with E-state index >= 15 is 0 Å². The number of halogens is 1. The van der Waals surface area contributed by atoms with Gasteiger partial charge in [-0.25, -0.2) is 9.78 Å². The van der Waals surface area contributed by atoms with Crippen molar-refractivity contribution in [2.24, 2.45) is 0 Å². The minimum absolute atomic E-state index is 0.197. The van der Waals surface area contributed by atoms with Crippen molar-refractivity contribution < 1.29 is 9.90 Å². The minimum atomic E-state index is -0.967. The van der Waals surface area contributed by atoms with Crippen LogP contribution in [0.1, 0.15) is 30.1 Å². The number of hydrogen-bond donors (Lipinski definition) is 2. The second-order valence-corrected chi connectivity index (χ2v) is 5.74. The molecule has 1 atom stereocenters. The molecular weight excluding hydrogens is 310 g/mol. The molecule has 1 saturated heterocycles.